The van der Waals surface area contributed by atoms with E-state index in [2.05, 4.69) is 0 Å². The van der Waals surface area contributed by atoms with Crippen LogP contribution in [-0.4, -0.2) is 24.8 Å². The average Bonchev–Trinajstić information content (AvgIpc) is 2.36. The topological polar surface area (TPSA) is 52.6 Å². The van der Waals surface area contributed by atoms with Crippen molar-refractivity contribution in [2.75, 3.05) is 13.2 Å². The van der Waals surface area contributed by atoms with Crippen molar-refractivity contribution in [3.63, 3.8) is 0 Å². The molecule has 1 aromatic carbocycles. The lowest BCUT2D eigenvalue weighted by Gasteiger charge is -2.24. The molecule has 86 valence electrons. The molecule has 3 rings (SSSR count). The molecule has 0 saturated carbocycles. The second-order valence-corrected chi connectivity index (χ2v) is 4.14. The fraction of sp³-hybridized carbons (Fsp3) is 0.167. The number of hydrogen-bond donors (Lipinski definition) is 0. The summed E-state index contributed by atoms with van der Waals surface area (Å²) in [6, 6.07) is 4.57. The summed E-state index contributed by atoms with van der Waals surface area (Å²) in [5.41, 5.74) is 0.579. The zero-order chi connectivity index (χ0) is 12.0. The maximum atomic E-state index is 12.1. The van der Waals surface area contributed by atoms with Crippen molar-refractivity contribution >= 4 is 23.2 Å². The number of benzene rings is 1. The number of ether oxygens (including phenoxy) is 2. The molecule has 0 atom stereocenters. The number of ketones is 2. The summed E-state index contributed by atoms with van der Waals surface area (Å²) < 4.78 is 10.4. The van der Waals surface area contributed by atoms with Gasteiger partial charge in [0.05, 0.1) is 0 Å². The highest BCUT2D eigenvalue weighted by molar-refractivity contribution is 6.32. The predicted molar refractivity (Wildman–Crippen MR) is 59.0 cm³/mol. The second kappa shape index (κ2) is 3.60. The average molecular weight is 251 g/mol. The fourth-order valence-corrected chi connectivity index (χ4v) is 2.07. The first-order chi connectivity index (χ1) is 8.18. The van der Waals surface area contributed by atoms with Crippen LogP contribution in [-0.2, 0) is 9.47 Å². The Kier molecular flexibility index (Phi) is 2.19. The summed E-state index contributed by atoms with van der Waals surface area (Å²) >= 11 is 5.81. The van der Waals surface area contributed by atoms with E-state index in [-0.39, 0.29) is 41.9 Å². The minimum atomic E-state index is -0.350. The normalized spacial score (nSPS) is 18.2. The molecule has 0 N–H and O–H groups in total. The van der Waals surface area contributed by atoms with Crippen molar-refractivity contribution in [3.05, 3.63) is 45.9 Å². The van der Waals surface area contributed by atoms with Crippen molar-refractivity contribution < 1.29 is 19.1 Å². The molecular weight excluding hydrogens is 244 g/mol. The third-order valence-electron chi connectivity index (χ3n) is 2.67. The molecule has 4 nitrogen and oxygen atoms in total. The first-order valence-electron chi connectivity index (χ1n) is 5.07. The van der Waals surface area contributed by atoms with Gasteiger partial charge in [0.25, 0.3) is 0 Å². The molecule has 1 heterocycles. The molecule has 1 aliphatic carbocycles. The number of fused-ring (bicyclic) bond motifs is 1. The fourth-order valence-electron chi connectivity index (χ4n) is 1.90. The maximum absolute atomic E-state index is 12.1. The van der Waals surface area contributed by atoms with Crippen LogP contribution in [0.2, 0.25) is 5.02 Å². The third kappa shape index (κ3) is 1.45. The Hall–Kier alpha value is -1.81. The van der Waals surface area contributed by atoms with Crippen LogP contribution in [0, 0.1) is 0 Å². The Morgan fingerprint density at radius 2 is 1.53 bits per heavy atom. The molecular formula is C12H7ClO4. The molecule has 0 saturated heterocycles. The van der Waals surface area contributed by atoms with E-state index in [9.17, 15) is 9.59 Å². The predicted octanol–water partition coefficient (Wildman–Crippen LogP) is 1.98. The number of halogens is 1. The van der Waals surface area contributed by atoms with Gasteiger partial charge in [-0.05, 0) is 18.2 Å². The number of rotatable bonds is 0. The Balaban J connectivity index is 2.22. The van der Waals surface area contributed by atoms with Crippen molar-refractivity contribution in [1.29, 1.82) is 0 Å². The SMILES string of the molecule is O=C1C2=C(OCCO2)C(=O)c2cc(Cl)ccc21. The van der Waals surface area contributed by atoms with Crippen LogP contribution < -0.4 is 0 Å². The van der Waals surface area contributed by atoms with E-state index in [1.165, 1.54) is 12.1 Å². The third-order valence-corrected chi connectivity index (χ3v) is 2.90. The first-order valence-corrected chi connectivity index (χ1v) is 5.45. The van der Waals surface area contributed by atoms with Gasteiger partial charge >= 0.3 is 0 Å². The van der Waals surface area contributed by atoms with Gasteiger partial charge in [-0.2, -0.15) is 0 Å². The molecule has 0 aromatic heterocycles. The van der Waals surface area contributed by atoms with E-state index < -0.39 is 0 Å². The van der Waals surface area contributed by atoms with Crippen LogP contribution in [0.5, 0.6) is 0 Å². The first kappa shape index (κ1) is 10.4. The Morgan fingerprint density at radius 1 is 0.941 bits per heavy atom. The Labute approximate surface area is 102 Å². The lowest BCUT2D eigenvalue weighted by atomic mass is 9.92. The van der Waals surface area contributed by atoms with Crippen molar-refractivity contribution in [1.82, 2.24) is 0 Å². The summed E-state index contributed by atoms with van der Waals surface area (Å²) in [6.07, 6.45) is 0. The summed E-state index contributed by atoms with van der Waals surface area (Å²) in [5, 5.41) is 0.408. The zero-order valence-electron chi connectivity index (χ0n) is 8.66. The van der Waals surface area contributed by atoms with E-state index in [1.807, 2.05) is 0 Å². The number of Topliss-reactive ketones (excluding diaryl/α,β-unsaturated/α-hetero) is 2. The summed E-state index contributed by atoms with van der Waals surface area (Å²) in [7, 11) is 0. The molecule has 1 aromatic rings. The van der Waals surface area contributed by atoms with Crippen molar-refractivity contribution in [3.8, 4) is 0 Å². The number of carbonyl (C=O) groups excluding carboxylic acids is 2. The molecule has 2 aliphatic rings. The van der Waals surface area contributed by atoms with Gasteiger partial charge in [0, 0.05) is 16.1 Å². The quantitative estimate of drug-likeness (QED) is 0.706. The standard InChI is InChI=1S/C12H7ClO4/c13-6-1-2-7-8(5-6)10(15)12-11(9(7)14)16-3-4-17-12/h1-2,5H,3-4H2. The van der Waals surface area contributed by atoms with E-state index in [0.717, 1.165) is 0 Å². The molecule has 0 fully saturated rings. The molecule has 1 aliphatic heterocycles. The van der Waals surface area contributed by atoms with Gasteiger partial charge in [0.2, 0.25) is 23.1 Å². The minimum absolute atomic E-state index is 0.00369. The molecule has 0 unspecified atom stereocenters. The highest BCUT2D eigenvalue weighted by Gasteiger charge is 2.36. The van der Waals surface area contributed by atoms with Gasteiger partial charge < -0.3 is 9.47 Å². The van der Waals surface area contributed by atoms with Crippen molar-refractivity contribution in [2.45, 2.75) is 0 Å². The summed E-state index contributed by atoms with van der Waals surface area (Å²) in [5.74, 6) is -0.671. The number of carbonyl (C=O) groups is 2. The summed E-state index contributed by atoms with van der Waals surface area (Å²) in [6.45, 7) is 0.550. The van der Waals surface area contributed by atoms with Crippen LogP contribution in [0.3, 0.4) is 0 Å². The van der Waals surface area contributed by atoms with E-state index >= 15 is 0 Å². The van der Waals surface area contributed by atoms with Crippen LogP contribution in [0.25, 0.3) is 0 Å². The zero-order valence-corrected chi connectivity index (χ0v) is 9.41. The van der Waals surface area contributed by atoms with Gasteiger partial charge in [0.1, 0.15) is 13.2 Å². The smallest absolute Gasteiger partial charge is 0.232 e. The van der Waals surface area contributed by atoms with E-state index in [4.69, 9.17) is 21.1 Å². The molecule has 0 radical (unpaired) electrons. The number of allylic oxidation sites excluding steroid dienone is 2. The van der Waals surface area contributed by atoms with Crippen LogP contribution in [0.1, 0.15) is 20.7 Å². The Bertz CT molecular complexity index is 574. The van der Waals surface area contributed by atoms with Crippen LogP contribution in [0.15, 0.2) is 29.7 Å². The largest absolute Gasteiger partial charge is 0.483 e. The van der Waals surface area contributed by atoms with Gasteiger partial charge in [-0.15, -0.1) is 0 Å². The van der Waals surface area contributed by atoms with Crippen LogP contribution >= 0.6 is 11.6 Å². The van der Waals surface area contributed by atoms with E-state index in [0.29, 0.717) is 10.6 Å². The monoisotopic (exact) mass is 250 g/mol. The Morgan fingerprint density at radius 3 is 2.18 bits per heavy atom. The molecule has 17 heavy (non-hydrogen) atoms. The summed E-state index contributed by atoms with van der Waals surface area (Å²) in [4.78, 5) is 24.1. The highest BCUT2D eigenvalue weighted by Crippen LogP contribution is 2.31. The number of hydrogen-bond acceptors (Lipinski definition) is 4. The molecule has 0 spiro atoms. The van der Waals surface area contributed by atoms with Gasteiger partial charge in [-0.3, -0.25) is 9.59 Å². The molecule has 5 heteroatoms. The minimum Gasteiger partial charge on any atom is -0.483 e. The van der Waals surface area contributed by atoms with Gasteiger partial charge in [-0.25, -0.2) is 0 Å². The second-order valence-electron chi connectivity index (χ2n) is 3.70. The van der Waals surface area contributed by atoms with Gasteiger partial charge in [0.15, 0.2) is 0 Å². The molecule has 0 bridgehead atoms. The van der Waals surface area contributed by atoms with Crippen molar-refractivity contribution in [2.24, 2.45) is 0 Å². The van der Waals surface area contributed by atoms with E-state index in [1.54, 1.807) is 6.07 Å². The maximum Gasteiger partial charge on any atom is 0.232 e. The lowest BCUT2D eigenvalue weighted by molar-refractivity contribution is 0.0436. The molecule has 0 amide bonds. The highest BCUT2D eigenvalue weighted by atomic mass is 35.5. The van der Waals surface area contributed by atoms with Gasteiger partial charge in [-0.1, -0.05) is 11.6 Å². The van der Waals surface area contributed by atoms with Crippen LogP contribution in [0.4, 0.5) is 0 Å². The lowest BCUT2D eigenvalue weighted by Crippen LogP contribution is -2.29.